The Hall–Kier alpha value is -2.77. The Morgan fingerprint density at radius 1 is 1.26 bits per heavy atom. The first kappa shape index (κ1) is 19.0. The standard InChI is InChI=1S/C19H26N4O4/c1-14(15-5-3-2-4-6-15)12-23-13-19(27-18(23)26)7-9-22(10-8-19)16(24)11-21-17(20)25/h2-6,14H,7-13H2,1H3,(H3,20,21,25)/t14-/m0/s1. The lowest BCUT2D eigenvalue weighted by atomic mass is 9.91. The summed E-state index contributed by atoms with van der Waals surface area (Å²) in [5.74, 6) is 0.0398. The van der Waals surface area contributed by atoms with E-state index in [9.17, 15) is 14.4 Å². The van der Waals surface area contributed by atoms with Gasteiger partial charge >= 0.3 is 12.1 Å². The first-order valence-electron chi connectivity index (χ1n) is 9.22. The third kappa shape index (κ3) is 4.50. The van der Waals surface area contributed by atoms with Gasteiger partial charge in [0.05, 0.1) is 13.1 Å². The number of nitrogens with zero attached hydrogens (tertiary/aromatic N) is 2. The van der Waals surface area contributed by atoms with Gasteiger partial charge in [-0.2, -0.15) is 0 Å². The zero-order valence-corrected chi connectivity index (χ0v) is 15.5. The van der Waals surface area contributed by atoms with Gasteiger partial charge in [-0.05, 0) is 11.5 Å². The average molecular weight is 374 g/mol. The number of primary amides is 1. The third-order valence-corrected chi connectivity index (χ3v) is 5.35. The van der Waals surface area contributed by atoms with Crippen LogP contribution < -0.4 is 11.1 Å². The second kappa shape index (κ2) is 7.85. The van der Waals surface area contributed by atoms with Gasteiger partial charge in [0.15, 0.2) is 0 Å². The lowest BCUT2D eigenvalue weighted by molar-refractivity contribution is -0.133. The van der Waals surface area contributed by atoms with Crippen LogP contribution in [0.3, 0.4) is 0 Å². The zero-order valence-electron chi connectivity index (χ0n) is 15.5. The van der Waals surface area contributed by atoms with Crippen molar-refractivity contribution in [2.24, 2.45) is 5.73 Å². The maximum absolute atomic E-state index is 12.4. The Morgan fingerprint density at radius 2 is 1.93 bits per heavy atom. The fourth-order valence-corrected chi connectivity index (χ4v) is 3.75. The van der Waals surface area contributed by atoms with Gasteiger partial charge in [0.2, 0.25) is 5.91 Å². The molecule has 27 heavy (non-hydrogen) atoms. The monoisotopic (exact) mass is 374 g/mol. The predicted octanol–water partition coefficient (Wildman–Crippen LogP) is 1.27. The van der Waals surface area contributed by atoms with E-state index in [1.165, 1.54) is 5.56 Å². The number of nitrogens with two attached hydrogens (primary N) is 1. The minimum absolute atomic E-state index is 0.108. The summed E-state index contributed by atoms with van der Waals surface area (Å²) < 4.78 is 5.72. The van der Waals surface area contributed by atoms with E-state index < -0.39 is 11.6 Å². The molecule has 8 nitrogen and oxygen atoms in total. The molecule has 2 aliphatic heterocycles. The summed E-state index contributed by atoms with van der Waals surface area (Å²) in [5.41, 5.74) is 5.66. The van der Waals surface area contributed by atoms with E-state index >= 15 is 0 Å². The van der Waals surface area contributed by atoms with Crippen LogP contribution in [0, 0.1) is 0 Å². The molecule has 2 fully saturated rings. The molecule has 3 N–H and O–H groups in total. The summed E-state index contributed by atoms with van der Waals surface area (Å²) in [6.07, 6.45) is 0.905. The van der Waals surface area contributed by atoms with Crippen molar-refractivity contribution >= 4 is 18.0 Å². The van der Waals surface area contributed by atoms with E-state index in [1.54, 1.807) is 9.80 Å². The van der Waals surface area contributed by atoms with Gasteiger partial charge in [-0.3, -0.25) is 4.79 Å². The van der Waals surface area contributed by atoms with Gasteiger partial charge in [0.25, 0.3) is 0 Å². The minimum Gasteiger partial charge on any atom is -0.441 e. The maximum atomic E-state index is 12.4. The Morgan fingerprint density at radius 3 is 2.56 bits per heavy atom. The number of hydrogen-bond acceptors (Lipinski definition) is 4. The number of nitrogens with one attached hydrogen (secondary N) is 1. The average Bonchev–Trinajstić information content (AvgIpc) is 2.95. The molecular weight excluding hydrogens is 348 g/mol. The van der Waals surface area contributed by atoms with Crippen LogP contribution in [0.1, 0.15) is 31.2 Å². The van der Waals surface area contributed by atoms with Crippen molar-refractivity contribution in [1.82, 2.24) is 15.1 Å². The van der Waals surface area contributed by atoms with Crippen molar-refractivity contribution in [3.05, 3.63) is 35.9 Å². The molecule has 0 unspecified atom stereocenters. The minimum atomic E-state index is -0.718. The van der Waals surface area contributed by atoms with Crippen LogP contribution in [0.5, 0.6) is 0 Å². The van der Waals surface area contributed by atoms with E-state index in [0.717, 1.165) is 0 Å². The molecule has 0 aromatic heterocycles. The maximum Gasteiger partial charge on any atom is 0.410 e. The van der Waals surface area contributed by atoms with Gasteiger partial charge in [0, 0.05) is 32.5 Å². The highest BCUT2D eigenvalue weighted by Gasteiger charge is 2.47. The molecule has 4 amide bonds. The second-order valence-electron chi connectivity index (χ2n) is 7.34. The summed E-state index contributed by atoms with van der Waals surface area (Å²) in [6.45, 7) is 4.13. The lowest BCUT2D eigenvalue weighted by Crippen LogP contribution is -2.51. The normalized spacial score (nSPS) is 19.7. The van der Waals surface area contributed by atoms with Crippen molar-refractivity contribution in [3.63, 3.8) is 0 Å². The number of urea groups is 1. The molecule has 1 aromatic carbocycles. The van der Waals surface area contributed by atoms with E-state index in [2.05, 4.69) is 24.4 Å². The van der Waals surface area contributed by atoms with Gasteiger partial charge < -0.3 is 25.6 Å². The van der Waals surface area contributed by atoms with E-state index in [0.29, 0.717) is 39.0 Å². The molecule has 1 atom stereocenters. The van der Waals surface area contributed by atoms with E-state index in [-0.39, 0.29) is 24.5 Å². The summed E-state index contributed by atoms with van der Waals surface area (Å²) in [5, 5.41) is 2.31. The SMILES string of the molecule is C[C@@H](CN1CC2(CCN(C(=O)CNC(N)=O)CC2)OC1=O)c1ccccc1. The van der Waals surface area contributed by atoms with Crippen LogP contribution in [-0.2, 0) is 9.53 Å². The number of benzene rings is 1. The molecule has 0 saturated carbocycles. The Labute approximate surface area is 158 Å². The second-order valence-corrected chi connectivity index (χ2v) is 7.34. The third-order valence-electron chi connectivity index (χ3n) is 5.35. The first-order valence-corrected chi connectivity index (χ1v) is 9.22. The van der Waals surface area contributed by atoms with Crippen molar-refractivity contribution < 1.29 is 19.1 Å². The number of piperidine rings is 1. The van der Waals surface area contributed by atoms with Crippen LogP contribution in [-0.4, -0.2) is 66.2 Å². The summed E-state index contributed by atoms with van der Waals surface area (Å²) in [7, 11) is 0. The van der Waals surface area contributed by atoms with Crippen molar-refractivity contribution in [2.45, 2.75) is 31.3 Å². The summed E-state index contributed by atoms with van der Waals surface area (Å²) in [6, 6.07) is 9.37. The Bertz CT molecular complexity index is 701. The van der Waals surface area contributed by atoms with Gasteiger partial charge in [-0.15, -0.1) is 0 Å². The van der Waals surface area contributed by atoms with Crippen molar-refractivity contribution in [1.29, 1.82) is 0 Å². The number of likely N-dealkylation sites (tertiary alicyclic amines) is 1. The highest BCUT2D eigenvalue weighted by Crippen LogP contribution is 2.34. The van der Waals surface area contributed by atoms with Crippen LogP contribution in [0.15, 0.2) is 30.3 Å². The predicted molar refractivity (Wildman–Crippen MR) is 99.0 cm³/mol. The number of amides is 4. The first-order chi connectivity index (χ1) is 12.9. The molecule has 2 aliphatic rings. The number of carbonyl (C=O) groups excluding carboxylic acids is 3. The topological polar surface area (TPSA) is 105 Å². The lowest BCUT2D eigenvalue weighted by Gasteiger charge is -2.37. The molecule has 2 saturated heterocycles. The molecule has 8 heteroatoms. The number of rotatable bonds is 5. The van der Waals surface area contributed by atoms with Crippen LogP contribution in [0.2, 0.25) is 0 Å². The fourth-order valence-electron chi connectivity index (χ4n) is 3.75. The van der Waals surface area contributed by atoms with Gasteiger partial charge in [0.1, 0.15) is 5.60 Å². The molecule has 2 heterocycles. The van der Waals surface area contributed by atoms with Crippen LogP contribution >= 0.6 is 0 Å². The quantitative estimate of drug-likeness (QED) is 0.810. The van der Waals surface area contributed by atoms with Gasteiger partial charge in [-0.1, -0.05) is 37.3 Å². The largest absolute Gasteiger partial charge is 0.441 e. The highest BCUT2D eigenvalue weighted by molar-refractivity contribution is 5.83. The highest BCUT2D eigenvalue weighted by atomic mass is 16.6. The molecular formula is C19H26N4O4. The van der Waals surface area contributed by atoms with E-state index in [4.69, 9.17) is 10.5 Å². The molecule has 3 rings (SSSR count). The number of carbonyl (C=O) groups is 3. The van der Waals surface area contributed by atoms with Gasteiger partial charge in [-0.25, -0.2) is 9.59 Å². The van der Waals surface area contributed by atoms with Crippen LogP contribution in [0.25, 0.3) is 0 Å². The molecule has 0 radical (unpaired) electrons. The Kier molecular flexibility index (Phi) is 5.53. The van der Waals surface area contributed by atoms with Crippen molar-refractivity contribution in [3.8, 4) is 0 Å². The summed E-state index contributed by atoms with van der Waals surface area (Å²) in [4.78, 5) is 38.6. The fraction of sp³-hybridized carbons (Fsp3) is 0.526. The molecule has 1 spiro atoms. The number of ether oxygens (including phenoxy) is 1. The number of hydrogen-bond donors (Lipinski definition) is 2. The molecule has 0 bridgehead atoms. The van der Waals surface area contributed by atoms with Crippen molar-refractivity contribution in [2.75, 3.05) is 32.7 Å². The smallest absolute Gasteiger partial charge is 0.410 e. The van der Waals surface area contributed by atoms with E-state index in [1.807, 2.05) is 18.2 Å². The summed E-state index contributed by atoms with van der Waals surface area (Å²) >= 11 is 0. The molecule has 1 aromatic rings. The molecule has 0 aliphatic carbocycles. The molecule has 146 valence electrons. The zero-order chi connectivity index (χ0) is 19.4. The Balaban J connectivity index is 1.53. The van der Waals surface area contributed by atoms with Crippen LogP contribution in [0.4, 0.5) is 9.59 Å².